The molecule has 0 aromatic heterocycles. The second-order valence-electron chi connectivity index (χ2n) is 9.84. The minimum Gasteiger partial charge on any atom is -0.448 e. The number of fused-ring (bicyclic) bond motifs is 5. The number of hydrogen-bond acceptors (Lipinski definition) is 4. The molecular formula is C27H29NO4. The van der Waals surface area contributed by atoms with E-state index in [4.69, 9.17) is 9.47 Å². The number of rotatable bonds is 5. The van der Waals surface area contributed by atoms with Crippen LogP contribution in [0, 0.1) is 11.8 Å². The van der Waals surface area contributed by atoms with Gasteiger partial charge in [0.25, 0.3) is 0 Å². The van der Waals surface area contributed by atoms with Crippen LogP contribution in [0.15, 0.2) is 48.5 Å². The van der Waals surface area contributed by atoms with Gasteiger partial charge >= 0.3 is 6.09 Å². The average Bonchev–Trinajstić information content (AvgIpc) is 3.57. The Labute approximate surface area is 188 Å². The van der Waals surface area contributed by atoms with Gasteiger partial charge in [-0.1, -0.05) is 48.5 Å². The number of benzene rings is 2. The molecule has 166 valence electrons. The van der Waals surface area contributed by atoms with Gasteiger partial charge in [-0.3, -0.25) is 9.69 Å². The van der Waals surface area contributed by atoms with Crippen molar-refractivity contribution in [2.24, 2.45) is 11.8 Å². The number of hydrogen-bond donors (Lipinski definition) is 0. The van der Waals surface area contributed by atoms with Crippen LogP contribution >= 0.6 is 0 Å². The lowest BCUT2D eigenvalue weighted by molar-refractivity contribution is -0.131. The predicted molar refractivity (Wildman–Crippen MR) is 120 cm³/mol. The van der Waals surface area contributed by atoms with Gasteiger partial charge in [0.1, 0.15) is 12.4 Å². The van der Waals surface area contributed by atoms with Crippen molar-refractivity contribution in [3.63, 3.8) is 0 Å². The highest BCUT2D eigenvalue weighted by molar-refractivity contribution is 5.82. The van der Waals surface area contributed by atoms with Crippen LogP contribution in [-0.2, 0) is 14.3 Å². The van der Waals surface area contributed by atoms with E-state index < -0.39 is 0 Å². The van der Waals surface area contributed by atoms with Gasteiger partial charge in [0.2, 0.25) is 0 Å². The number of amides is 1. The molecule has 2 aromatic rings. The van der Waals surface area contributed by atoms with Crippen LogP contribution < -0.4 is 0 Å². The molecule has 2 heterocycles. The second kappa shape index (κ2) is 8.04. The van der Waals surface area contributed by atoms with Crippen LogP contribution in [0.4, 0.5) is 4.79 Å². The molecule has 1 saturated carbocycles. The van der Waals surface area contributed by atoms with Crippen molar-refractivity contribution in [1.29, 1.82) is 0 Å². The number of ketones is 1. The molecule has 2 unspecified atom stereocenters. The first-order chi connectivity index (χ1) is 15.7. The Hall–Kier alpha value is -2.66. The summed E-state index contributed by atoms with van der Waals surface area (Å²) in [4.78, 5) is 27.8. The molecule has 4 aliphatic rings. The molecule has 3 fully saturated rings. The molecule has 2 aliphatic carbocycles. The quantitative estimate of drug-likeness (QED) is 0.683. The fraction of sp³-hybridized carbons (Fsp3) is 0.481. The van der Waals surface area contributed by atoms with E-state index in [1.165, 1.54) is 35.1 Å². The Balaban J connectivity index is 1.15. The Morgan fingerprint density at radius 2 is 1.50 bits per heavy atom. The molecular weight excluding hydrogens is 402 g/mol. The van der Waals surface area contributed by atoms with Crippen LogP contribution in [-0.4, -0.2) is 48.7 Å². The SMILES string of the molecule is O=C(CC1CC1)C1CC2COCC(C1)N2C(=O)OCC1c2ccccc2-c2ccccc21. The normalized spacial score (nSPS) is 26.4. The van der Waals surface area contributed by atoms with Gasteiger partial charge in [0.15, 0.2) is 0 Å². The third kappa shape index (κ3) is 3.53. The number of morpholine rings is 1. The zero-order valence-electron chi connectivity index (χ0n) is 18.2. The Morgan fingerprint density at radius 3 is 2.09 bits per heavy atom. The summed E-state index contributed by atoms with van der Waals surface area (Å²) in [5, 5.41) is 0. The summed E-state index contributed by atoms with van der Waals surface area (Å²) in [5.41, 5.74) is 4.89. The predicted octanol–water partition coefficient (Wildman–Crippen LogP) is 4.78. The minimum absolute atomic E-state index is 0.0556. The topological polar surface area (TPSA) is 55.8 Å². The average molecular weight is 432 g/mol. The number of carbonyl (C=O) groups excluding carboxylic acids is 2. The van der Waals surface area contributed by atoms with E-state index in [-0.39, 0.29) is 30.0 Å². The molecule has 2 aromatic carbocycles. The number of nitrogens with zero attached hydrogens (tertiary/aromatic N) is 1. The standard InChI is InChI=1S/C27H29NO4/c29-26(11-17-9-10-17)18-12-19-14-31-15-20(13-18)28(19)27(30)32-16-25-23-7-3-1-5-21(23)22-6-2-4-8-24(22)25/h1-8,17-20,25H,9-16H2. The minimum atomic E-state index is -0.266. The summed E-state index contributed by atoms with van der Waals surface area (Å²) in [7, 11) is 0. The maximum atomic E-state index is 13.2. The molecule has 5 heteroatoms. The van der Waals surface area contributed by atoms with Gasteiger partial charge in [-0.15, -0.1) is 0 Å². The highest BCUT2D eigenvalue weighted by Gasteiger charge is 2.45. The van der Waals surface area contributed by atoms with E-state index in [2.05, 4.69) is 36.4 Å². The van der Waals surface area contributed by atoms with Crippen molar-refractivity contribution in [3.05, 3.63) is 59.7 Å². The van der Waals surface area contributed by atoms with Crippen molar-refractivity contribution in [1.82, 2.24) is 4.90 Å². The lowest BCUT2D eigenvalue weighted by Gasteiger charge is -2.47. The second-order valence-corrected chi connectivity index (χ2v) is 9.84. The number of ether oxygens (including phenoxy) is 2. The Bertz CT molecular complexity index is 986. The molecule has 2 bridgehead atoms. The van der Waals surface area contributed by atoms with Crippen LogP contribution in [0.1, 0.15) is 49.1 Å². The van der Waals surface area contributed by atoms with Gasteiger partial charge in [-0.25, -0.2) is 4.79 Å². The number of piperidine rings is 1. The van der Waals surface area contributed by atoms with Crippen molar-refractivity contribution >= 4 is 11.9 Å². The van der Waals surface area contributed by atoms with Crippen LogP contribution in [0.2, 0.25) is 0 Å². The number of Topliss-reactive ketones (excluding diaryl/α,β-unsaturated/α-hetero) is 1. The molecule has 2 saturated heterocycles. The maximum Gasteiger partial charge on any atom is 0.410 e. The molecule has 6 rings (SSSR count). The van der Waals surface area contributed by atoms with E-state index >= 15 is 0 Å². The maximum absolute atomic E-state index is 13.2. The molecule has 2 aliphatic heterocycles. The summed E-state index contributed by atoms with van der Waals surface area (Å²) in [6.45, 7) is 1.31. The lowest BCUT2D eigenvalue weighted by atomic mass is 9.81. The smallest absolute Gasteiger partial charge is 0.410 e. The van der Waals surface area contributed by atoms with Gasteiger partial charge in [-0.05, 0) is 53.9 Å². The molecule has 1 amide bonds. The van der Waals surface area contributed by atoms with Crippen molar-refractivity contribution in [3.8, 4) is 11.1 Å². The molecule has 32 heavy (non-hydrogen) atoms. The first-order valence-electron chi connectivity index (χ1n) is 11.9. The summed E-state index contributed by atoms with van der Waals surface area (Å²) in [6, 6.07) is 16.6. The molecule has 0 N–H and O–H groups in total. The summed E-state index contributed by atoms with van der Waals surface area (Å²) < 4.78 is 11.7. The first-order valence-corrected chi connectivity index (χ1v) is 11.9. The van der Waals surface area contributed by atoms with E-state index in [9.17, 15) is 9.59 Å². The zero-order chi connectivity index (χ0) is 21.7. The summed E-state index contributed by atoms with van der Waals surface area (Å²) >= 11 is 0. The van der Waals surface area contributed by atoms with Gasteiger partial charge in [-0.2, -0.15) is 0 Å². The molecule has 2 atom stereocenters. The van der Waals surface area contributed by atoms with Crippen molar-refractivity contribution in [2.75, 3.05) is 19.8 Å². The van der Waals surface area contributed by atoms with Gasteiger partial charge in [0, 0.05) is 18.3 Å². The van der Waals surface area contributed by atoms with Crippen molar-refractivity contribution < 1.29 is 19.1 Å². The fourth-order valence-electron chi connectivity index (χ4n) is 5.92. The zero-order valence-corrected chi connectivity index (χ0v) is 18.2. The highest BCUT2D eigenvalue weighted by Crippen LogP contribution is 2.45. The summed E-state index contributed by atoms with van der Waals surface area (Å²) in [6.07, 6.45) is 4.24. The van der Waals surface area contributed by atoms with Crippen molar-refractivity contribution in [2.45, 2.75) is 50.1 Å². The van der Waals surface area contributed by atoms with Gasteiger partial charge in [0.05, 0.1) is 25.3 Å². The molecule has 0 spiro atoms. The van der Waals surface area contributed by atoms with E-state index in [0.29, 0.717) is 44.4 Å². The summed E-state index contributed by atoms with van der Waals surface area (Å²) in [5.74, 6) is 1.11. The third-order valence-electron chi connectivity index (χ3n) is 7.71. The Kier molecular flexibility index (Phi) is 5.02. The third-order valence-corrected chi connectivity index (χ3v) is 7.71. The largest absolute Gasteiger partial charge is 0.448 e. The molecule has 0 radical (unpaired) electrons. The van der Waals surface area contributed by atoms with Gasteiger partial charge < -0.3 is 9.47 Å². The Morgan fingerprint density at radius 1 is 0.906 bits per heavy atom. The number of carbonyl (C=O) groups is 2. The van der Waals surface area contributed by atoms with Crippen LogP contribution in [0.3, 0.4) is 0 Å². The van der Waals surface area contributed by atoms with E-state index in [1.807, 2.05) is 17.0 Å². The van der Waals surface area contributed by atoms with Crippen LogP contribution in [0.5, 0.6) is 0 Å². The first kappa shape index (κ1) is 20.0. The fourth-order valence-corrected chi connectivity index (χ4v) is 5.92. The monoisotopic (exact) mass is 431 g/mol. The van der Waals surface area contributed by atoms with E-state index in [0.717, 1.165) is 6.42 Å². The lowest BCUT2D eigenvalue weighted by Crippen LogP contribution is -2.60. The van der Waals surface area contributed by atoms with E-state index in [1.54, 1.807) is 0 Å². The van der Waals surface area contributed by atoms with Crippen LogP contribution in [0.25, 0.3) is 11.1 Å². The highest BCUT2D eigenvalue weighted by atomic mass is 16.6. The molecule has 5 nitrogen and oxygen atoms in total.